The lowest BCUT2D eigenvalue weighted by molar-refractivity contribution is -0.150. The number of carbonyl (C=O) groups excluding carboxylic acids is 2. The molecule has 1 heterocycles. The van der Waals surface area contributed by atoms with Crippen molar-refractivity contribution in [2.45, 2.75) is 135 Å². The van der Waals surface area contributed by atoms with Gasteiger partial charge in [0.2, 0.25) is 0 Å². The van der Waals surface area contributed by atoms with Gasteiger partial charge in [0.25, 0.3) is 0 Å². The lowest BCUT2D eigenvalue weighted by atomic mass is 10.0. The molecule has 5 heteroatoms. The smallest absolute Gasteiger partial charge is 0.410 e. The average Bonchev–Trinajstić information content (AvgIpc) is 2.79. The fourth-order valence-corrected chi connectivity index (χ4v) is 4.17. The summed E-state index contributed by atoms with van der Waals surface area (Å²) in [5, 5.41) is 0. The van der Waals surface area contributed by atoms with Gasteiger partial charge in [-0.2, -0.15) is 0 Å². The van der Waals surface area contributed by atoms with E-state index in [4.69, 9.17) is 9.47 Å². The topological polar surface area (TPSA) is 55.8 Å². The van der Waals surface area contributed by atoms with E-state index in [0.717, 1.165) is 38.5 Å². The maximum absolute atomic E-state index is 12.5. The zero-order valence-electron chi connectivity index (χ0n) is 20.5. The summed E-state index contributed by atoms with van der Waals surface area (Å²) in [6.45, 7) is 5.80. The standard InChI is InChI=1S/C26H49NO4/c1-3-5-7-8-9-10-11-12-13-14-15-16-19-23-30-25(28)24-20-17-18-21-27(24)26(29)31-22-6-4-2/h24H,3-23H2,1-2H3. The molecule has 0 radical (unpaired) electrons. The summed E-state index contributed by atoms with van der Waals surface area (Å²) in [5.74, 6) is -0.258. The van der Waals surface area contributed by atoms with Crippen LogP contribution in [-0.4, -0.2) is 42.8 Å². The summed E-state index contributed by atoms with van der Waals surface area (Å²) in [6, 6.07) is -0.468. The number of ether oxygens (including phenoxy) is 2. The van der Waals surface area contributed by atoms with Crippen molar-refractivity contribution in [3.05, 3.63) is 0 Å². The first-order chi connectivity index (χ1) is 15.2. The van der Waals surface area contributed by atoms with Crippen LogP contribution < -0.4 is 0 Å². The molecule has 0 aliphatic carbocycles. The van der Waals surface area contributed by atoms with Crippen molar-refractivity contribution in [3.8, 4) is 0 Å². The molecule has 1 aliphatic heterocycles. The Hall–Kier alpha value is -1.26. The lowest BCUT2D eigenvalue weighted by Gasteiger charge is -2.33. The molecule has 1 fully saturated rings. The van der Waals surface area contributed by atoms with Crippen LogP contribution in [0.4, 0.5) is 4.79 Å². The van der Waals surface area contributed by atoms with Crippen molar-refractivity contribution in [1.29, 1.82) is 0 Å². The van der Waals surface area contributed by atoms with Crippen molar-refractivity contribution in [3.63, 3.8) is 0 Å². The molecule has 5 nitrogen and oxygen atoms in total. The van der Waals surface area contributed by atoms with Crippen molar-refractivity contribution in [1.82, 2.24) is 4.90 Å². The Morgan fingerprint density at radius 1 is 0.677 bits per heavy atom. The Morgan fingerprint density at radius 3 is 1.77 bits per heavy atom. The van der Waals surface area contributed by atoms with Gasteiger partial charge >= 0.3 is 12.1 Å². The normalized spacial score (nSPS) is 16.3. The van der Waals surface area contributed by atoms with Crippen LogP contribution in [-0.2, 0) is 14.3 Å². The highest BCUT2D eigenvalue weighted by Crippen LogP contribution is 2.20. The van der Waals surface area contributed by atoms with Gasteiger partial charge in [0.05, 0.1) is 13.2 Å². The average molecular weight is 440 g/mol. The van der Waals surface area contributed by atoms with Crippen LogP contribution in [0.1, 0.15) is 129 Å². The molecule has 0 aromatic rings. The first-order valence-corrected chi connectivity index (χ1v) is 13.3. The number of nitrogens with zero attached hydrogens (tertiary/aromatic N) is 1. The Labute approximate surface area is 191 Å². The van der Waals surface area contributed by atoms with Gasteiger partial charge in [-0.3, -0.25) is 4.90 Å². The third-order valence-electron chi connectivity index (χ3n) is 6.23. The van der Waals surface area contributed by atoms with Crippen LogP contribution in [0.25, 0.3) is 0 Å². The number of piperidine rings is 1. The minimum absolute atomic E-state index is 0.258. The quantitative estimate of drug-likeness (QED) is 0.165. The van der Waals surface area contributed by atoms with Gasteiger partial charge in [0, 0.05) is 6.54 Å². The van der Waals surface area contributed by atoms with Crippen LogP contribution in [0.5, 0.6) is 0 Å². The van der Waals surface area contributed by atoms with Crippen molar-refractivity contribution < 1.29 is 19.1 Å². The van der Waals surface area contributed by atoms with Gasteiger partial charge in [0.1, 0.15) is 6.04 Å². The molecule has 0 spiro atoms. The molecule has 0 saturated carbocycles. The van der Waals surface area contributed by atoms with Crippen LogP contribution >= 0.6 is 0 Å². The summed E-state index contributed by atoms with van der Waals surface area (Å²) < 4.78 is 10.8. The van der Waals surface area contributed by atoms with Gasteiger partial charge in [-0.05, 0) is 32.1 Å². The van der Waals surface area contributed by atoms with Crippen LogP contribution in [0.3, 0.4) is 0 Å². The molecule has 0 aromatic carbocycles. The van der Waals surface area contributed by atoms with Gasteiger partial charge in [0.15, 0.2) is 0 Å². The lowest BCUT2D eigenvalue weighted by Crippen LogP contribution is -2.49. The first-order valence-electron chi connectivity index (χ1n) is 13.3. The summed E-state index contributed by atoms with van der Waals surface area (Å²) in [6.07, 6.45) is 20.9. The van der Waals surface area contributed by atoms with Crippen LogP contribution in [0.15, 0.2) is 0 Å². The number of carbonyl (C=O) groups is 2. The second kappa shape index (κ2) is 19.4. The molecule has 1 atom stereocenters. The number of esters is 1. The highest BCUT2D eigenvalue weighted by atomic mass is 16.6. The molecule has 0 aromatic heterocycles. The predicted octanol–water partition coefficient (Wildman–Crippen LogP) is 7.41. The summed E-state index contributed by atoms with van der Waals surface area (Å²) in [5.41, 5.74) is 0. The van der Waals surface area contributed by atoms with Gasteiger partial charge in [-0.15, -0.1) is 0 Å². The number of hydrogen-bond donors (Lipinski definition) is 0. The Balaban J connectivity index is 2.03. The molecule has 0 bridgehead atoms. The Kier molecular flexibility index (Phi) is 17.4. The Bertz CT molecular complexity index is 455. The minimum Gasteiger partial charge on any atom is -0.464 e. The monoisotopic (exact) mass is 439 g/mol. The fourth-order valence-electron chi connectivity index (χ4n) is 4.17. The molecule has 1 amide bonds. The van der Waals surface area contributed by atoms with E-state index in [2.05, 4.69) is 13.8 Å². The fraction of sp³-hybridized carbons (Fsp3) is 0.923. The summed E-state index contributed by atoms with van der Waals surface area (Å²) in [4.78, 5) is 26.3. The number of likely N-dealkylation sites (tertiary alicyclic amines) is 1. The molecule has 1 rings (SSSR count). The Morgan fingerprint density at radius 2 is 1.19 bits per heavy atom. The second-order valence-electron chi connectivity index (χ2n) is 9.08. The predicted molar refractivity (Wildman–Crippen MR) is 127 cm³/mol. The van der Waals surface area contributed by atoms with E-state index in [9.17, 15) is 9.59 Å². The first kappa shape index (κ1) is 27.8. The van der Waals surface area contributed by atoms with E-state index >= 15 is 0 Å². The second-order valence-corrected chi connectivity index (χ2v) is 9.08. The van der Waals surface area contributed by atoms with E-state index in [-0.39, 0.29) is 12.1 Å². The largest absolute Gasteiger partial charge is 0.464 e. The van der Waals surface area contributed by atoms with Gasteiger partial charge in [-0.25, -0.2) is 9.59 Å². The summed E-state index contributed by atoms with van der Waals surface area (Å²) in [7, 11) is 0. The molecule has 1 saturated heterocycles. The third-order valence-corrected chi connectivity index (χ3v) is 6.23. The molecule has 1 aliphatic rings. The molecule has 0 N–H and O–H groups in total. The van der Waals surface area contributed by atoms with Crippen LogP contribution in [0, 0.1) is 0 Å². The number of unbranched alkanes of at least 4 members (excludes halogenated alkanes) is 13. The maximum atomic E-state index is 12.5. The van der Waals surface area contributed by atoms with E-state index in [1.54, 1.807) is 4.90 Å². The zero-order chi connectivity index (χ0) is 22.6. The zero-order valence-corrected chi connectivity index (χ0v) is 20.5. The third kappa shape index (κ3) is 13.7. The summed E-state index contributed by atoms with van der Waals surface area (Å²) >= 11 is 0. The minimum atomic E-state index is -0.468. The molecule has 31 heavy (non-hydrogen) atoms. The van der Waals surface area contributed by atoms with E-state index in [0.29, 0.717) is 26.2 Å². The molecule has 1 unspecified atom stereocenters. The highest BCUT2D eigenvalue weighted by Gasteiger charge is 2.34. The molecule has 182 valence electrons. The molecular weight excluding hydrogens is 390 g/mol. The van der Waals surface area contributed by atoms with Crippen LogP contribution in [0.2, 0.25) is 0 Å². The molecular formula is C26H49NO4. The van der Waals surface area contributed by atoms with Gasteiger partial charge in [-0.1, -0.05) is 97.3 Å². The maximum Gasteiger partial charge on any atom is 0.410 e. The number of hydrogen-bond acceptors (Lipinski definition) is 4. The number of amides is 1. The van der Waals surface area contributed by atoms with Crippen molar-refractivity contribution in [2.75, 3.05) is 19.8 Å². The highest BCUT2D eigenvalue weighted by molar-refractivity contribution is 5.81. The van der Waals surface area contributed by atoms with Crippen molar-refractivity contribution in [2.24, 2.45) is 0 Å². The SMILES string of the molecule is CCCCCCCCCCCCCCCOC(=O)C1CCCCN1C(=O)OCCCC. The van der Waals surface area contributed by atoms with E-state index in [1.165, 1.54) is 70.6 Å². The number of rotatable bonds is 18. The van der Waals surface area contributed by atoms with Gasteiger partial charge < -0.3 is 9.47 Å². The van der Waals surface area contributed by atoms with E-state index in [1.807, 2.05) is 0 Å². The van der Waals surface area contributed by atoms with E-state index < -0.39 is 6.04 Å². The van der Waals surface area contributed by atoms with Crippen molar-refractivity contribution >= 4 is 12.1 Å².